The van der Waals surface area contributed by atoms with Gasteiger partial charge < -0.3 is 20.0 Å². The van der Waals surface area contributed by atoms with Gasteiger partial charge in [-0.15, -0.1) is 12.4 Å². The topological polar surface area (TPSA) is 74.6 Å². The Hall–Kier alpha value is -1.83. The fourth-order valence-electron chi connectivity index (χ4n) is 2.67. The van der Waals surface area contributed by atoms with Crippen molar-refractivity contribution in [3.63, 3.8) is 0 Å². The van der Waals surface area contributed by atoms with Crippen LogP contribution in [0, 0.1) is 0 Å². The van der Waals surface area contributed by atoms with Crippen LogP contribution in [-0.2, 0) is 0 Å². The SMILES string of the molecule is C[C@@H]1CNCCN1C(=O)c1cccc(NC(=O)c2ccc(Br)o2)c1.Cl. The molecule has 2 heterocycles. The van der Waals surface area contributed by atoms with Crippen molar-refractivity contribution in [2.45, 2.75) is 13.0 Å². The molecular weight excluding hydrogens is 410 g/mol. The van der Waals surface area contributed by atoms with Crippen LogP contribution in [0.1, 0.15) is 27.8 Å². The lowest BCUT2D eigenvalue weighted by Gasteiger charge is -2.34. The van der Waals surface area contributed by atoms with E-state index in [1.54, 1.807) is 36.4 Å². The number of carbonyl (C=O) groups excluding carboxylic acids is 2. The van der Waals surface area contributed by atoms with E-state index >= 15 is 0 Å². The van der Waals surface area contributed by atoms with Crippen LogP contribution >= 0.6 is 28.3 Å². The van der Waals surface area contributed by atoms with Gasteiger partial charge in [-0.3, -0.25) is 9.59 Å². The van der Waals surface area contributed by atoms with Crippen LogP contribution in [-0.4, -0.2) is 42.4 Å². The van der Waals surface area contributed by atoms with Crippen LogP contribution in [0.3, 0.4) is 0 Å². The first-order chi connectivity index (χ1) is 11.5. The first-order valence-electron chi connectivity index (χ1n) is 7.73. The Balaban J connectivity index is 0.00000225. The lowest BCUT2D eigenvalue weighted by molar-refractivity contribution is 0.0655. The van der Waals surface area contributed by atoms with E-state index in [-0.39, 0.29) is 36.0 Å². The van der Waals surface area contributed by atoms with Crippen molar-refractivity contribution in [1.29, 1.82) is 0 Å². The molecule has 2 aromatic rings. The zero-order valence-electron chi connectivity index (χ0n) is 13.6. The molecular formula is C17H19BrClN3O3. The van der Waals surface area contributed by atoms with E-state index in [4.69, 9.17) is 4.42 Å². The van der Waals surface area contributed by atoms with E-state index in [9.17, 15) is 9.59 Å². The summed E-state index contributed by atoms with van der Waals surface area (Å²) in [4.78, 5) is 26.7. The number of halogens is 2. The molecule has 0 saturated carbocycles. The number of hydrogen-bond acceptors (Lipinski definition) is 4. The van der Waals surface area contributed by atoms with Crippen LogP contribution in [0.5, 0.6) is 0 Å². The van der Waals surface area contributed by atoms with Crippen LogP contribution in [0.2, 0.25) is 0 Å². The Kier molecular flexibility index (Phi) is 6.64. The fraction of sp³-hybridized carbons (Fsp3) is 0.294. The second-order valence-electron chi connectivity index (χ2n) is 5.69. The van der Waals surface area contributed by atoms with Crippen molar-refractivity contribution < 1.29 is 14.0 Å². The van der Waals surface area contributed by atoms with Gasteiger partial charge in [0.2, 0.25) is 0 Å². The standard InChI is InChI=1S/C17H18BrN3O3.ClH/c1-11-10-19-7-8-21(11)17(23)12-3-2-4-13(9-12)20-16(22)14-5-6-15(18)24-14;/h2-6,9,11,19H,7-8,10H2,1H3,(H,20,22);1H/t11-;/m1./s1. The van der Waals surface area contributed by atoms with E-state index in [1.165, 1.54) is 0 Å². The Bertz CT molecular complexity index is 765. The third-order valence-electron chi connectivity index (χ3n) is 3.93. The van der Waals surface area contributed by atoms with Gasteiger partial charge in [0.05, 0.1) is 0 Å². The average Bonchev–Trinajstić information content (AvgIpc) is 3.01. The summed E-state index contributed by atoms with van der Waals surface area (Å²) in [5.41, 5.74) is 1.11. The number of furan rings is 1. The molecule has 0 bridgehead atoms. The number of nitrogens with zero attached hydrogens (tertiary/aromatic N) is 1. The van der Waals surface area contributed by atoms with Crippen LogP contribution in [0.25, 0.3) is 0 Å². The summed E-state index contributed by atoms with van der Waals surface area (Å²) < 4.78 is 5.72. The van der Waals surface area contributed by atoms with Crippen molar-refractivity contribution in [2.24, 2.45) is 0 Å². The van der Waals surface area contributed by atoms with Crippen molar-refractivity contribution >= 4 is 45.8 Å². The molecule has 1 atom stereocenters. The number of piperazine rings is 1. The third kappa shape index (κ3) is 4.62. The van der Waals surface area contributed by atoms with E-state index in [0.29, 0.717) is 22.5 Å². The lowest BCUT2D eigenvalue weighted by atomic mass is 10.1. The molecule has 3 rings (SSSR count). The highest BCUT2D eigenvalue weighted by Gasteiger charge is 2.24. The van der Waals surface area contributed by atoms with Crippen molar-refractivity contribution in [2.75, 3.05) is 25.0 Å². The fourth-order valence-corrected chi connectivity index (χ4v) is 2.97. The van der Waals surface area contributed by atoms with Gasteiger partial charge in [0.15, 0.2) is 10.4 Å². The molecule has 1 aromatic carbocycles. The minimum absolute atomic E-state index is 0. The maximum atomic E-state index is 12.7. The molecule has 134 valence electrons. The number of carbonyl (C=O) groups is 2. The zero-order chi connectivity index (χ0) is 17.1. The Morgan fingerprint density at radius 1 is 1.32 bits per heavy atom. The van der Waals surface area contributed by atoms with Crippen molar-refractivity contribution in [3.05, 3.63) is 52.4 Å². The molecule has 0 spiro atoms. The minimum Gasteiger partial charge on any atom is -0.444 e. The van der Waals surface area contributed by atoms with Crippen LogP contribution < -0.4 is 10.6 Å². The quantitative estimate of drug-likeness (QED) is 0.787. The van der Waals surface area contributed by atoms with Gasteiger partial charge in [0.1, 0.15) is 0 Å². The van der Waals surface area contributed by atoms with Gasteiger partial charge in [-0.05, 0) is 53.2 Å². The van der Waals surface area contributed by atoms with Crippen LogP contribution in [0.4, 0.5) is 5.69 Å². The first-order valence-corrected chi connectivity index (χ1v) is 8.52. The number of amides is 2. The van der Waals surface area contributed by atoms with Crippen molar-refractivity contribution in [3.8, 4) is 0 Å². The molecule has 25 heavy (non-hydrogen) atoms. The van der Waals surface area contributed by atoms with Gasteiger partial charge in [0.25, 0.3) is 11.8 Å². The summed E-state index contributed by atoms with van der Waals surface area (Å²) in [6.45, 7) is 4.27. The van der Waals surface area contributed by atoms with E-state index < -0.39 is 0 Å². The first kappa shape index (κ1) is 19.5. The normalized spacial score (nSPS) is 16.9. The number of anilines is 1. The predicted molar refractivity (Wildman–Crippen MR) is 101 cm³/mol. The molecule has 2 N–H and O–H groups in total. The highest BCUT2D eigenvalue weighted by atomic mass is 79.9. The van der Waals surface area contributed by atoms with Gasteiger partial charge in [-0.2, -0.15) is 0 Å². The molecule has 1 aromatic heterocycles. The van der Waals surface area contributed by atoms with Crippen LogP contribution in [0.15, 0.2) is 45.5 Å². The smallest absolute Gasteiger partial charge is 0.291 e. The number of rotatable bonds is 3. The number of hydrogen-bond donors (Lipinski definition) is 2. The average molecular weight is 429 g/mol. The summed E-state index contributed by atoms with van der Waals surface area (Å²) in [5, 5.41) is 6.01. The Morgan fingerprint density at radius 3 is 2.80 bits per heavy atom. The van der Waals surface area contributed by atoms with E-state index in [2.05, 4.69) is 26.6 Å². The molecule has 1 fully saturated rings. The second-order valence-corrected chi connectivity index (χ2v) is 6.47. The zero-order valence-corrected chi connectivity index (χ0v) is 16.0. The number of nitrogens with one attached hydrogen (secondary N) is 2. The predicted octanol–water partition coefficient (Wildman–Crippen LogP) is 3.15. The minimum atomic E-state index is -0.360. The maximum absolute atomic E-state index is 12.7. The summed E-state index contributed by atoms with van der Waals surface area (Å²) in [7, 11) is 0. The summed E-state index contributed by atoms with van der Waals surface area (Å²) in [6.07, 6.45) is 0. The van der Waals surface area contributed by atoms with Gasteiger partial charge >= 0.3 is 0 Å². The molecule has 0 unspecified atom stereocenters. The molecule has 1 aliphatic heterocycles. The monoisotopic (exact) mass is 427 g/mol. The molecule has 1 aliphatic rings. The summed E-state index contributed by atoms with van der Waals surface area (Å²) >= 11 is 3.16. The Labute approximate surface area is 160 Å². The molecule has 1 saturated heterocycles. The van der Waals surface area contributed by atoms with Crippen molar-refractivity contribution in [1.82, 2.24) is 10.2 Å². The largest absolute Gasteiger partial charge is 0.444 e. The third-order valence-corrected chi connectivity index (χ3v) is 4.35. The molecule has 6 nitrogen and oxygen atoms in total. The highest BCUT2D eigenvalue weighted by molar-refractivity contribution is 9.10. The maximum Gasteiger partial charge on any atom is 0.291 e. The Morgan fingerprint density at radius 2 is 2.12 bits per heavy atom. The molecule has 8 heteroatoms. The summed E-state index contributed by atoms with van der Waals surface area (Å²) in [5.74, 6) is -0.184. The van der Waals surface area contributed by atoms with Gasteiger partial charge in [-0.25, -0.2) is 0 Å². The second kappa shape index (κ2) is 8.51. The molecule has 0 radical (unpaired) electrons. The summed E-state index contributed by atoms with van der Waals surface area (Å²) in [6, 6.07) is 10.3. The van der Waals surface area contributed by atoms with E-state index in [1.807, 2.05) is 11.8 Å². The van der Waals surface area contributed by atoms with Gasteiger partial charge in [0, 0.05) is 36.9 Å². The molecule has 2 amide bonds. The van der Waals surface area contributed by atoms with E-state index in [0.717, 1.165) is 13.1 Å². The van der Waals surface area contributed by atoms with Gasteiger partial charge in [-0.1, -0.05) is 6.07 Å². The molecule has 0 aliphatic carbocycles. The lowest BCUT2D eigenvalue weighted by Crippen LogP contribution is -2.52. The number of benzene rings is 1. The highest BCUT2D eigenvalue weighted by Crippen LogP contribution is 2.18.